The Morgan fingerprint density at radius 3 is 1.14 bits per heavy atom. The first-order chi connectivity index (χ1) is 15.0. The standard InChI is InChI=1S/C22H18/c1-3-7-19(8-4-1)11-13-21-15-17-22(18-16-21)14-12-20-9-5-2-6-10-20/h1-18H/b13-11+,14-12+/i1D,2D,3D,4D,5D,6D,7D,8D,9D,10D. The molecular weight excluding hydrogens is 264 g/mol. The Kier molecular flexibility index (Phi) is 2.14. The summed E-state index contributed by atoms with van der Waals surface area (Å²) in [5.41, 5.74) is 1.66. The van der Waals surface area contributed by atoms with Crippen molar-refractivity contribution in [2.24, 2.45) is 0 Å². The van der Waals surface area contributed by atoms with Crippen LogP contribution < -0.4 is 0 Å². The summed E-state index contributed by atoms with van der Waals surface area (Å²) in [6, 6.07) is 3.50. The van der Waals surface area contributed by atoms with Gasteiger partial charge in [0.15, 0.2) is 0 Å². The van der Waals surface area contributed by atoms with Crippen molar-refractivity contribution in [1.29, 1.82) is 0 Å². The molecule has 0 bridgehead atoms. The van der Waals surface area contributed by atoms with Gasteiger partial charge in [0.05, 0.1) is 13.7 Å². The van der Waals surface area contributed by atoms with Crippen molar-refractivity contribution in [3.8, 4) is 0 Å². The Hall–Kier alpha value is -2.86. The molecule has 106 valence electrons. The Bertz CT molecular complexity index is 1100. The van der Waals surface area contributed by atoms with Crippen LogP contribution in [0.15, 0.2) is 84.7 Å². The van der Waals surface area contributed by atoms with E-state index in [0.717, 1.165) is 11.1 Å². The van der Waals surface area contributed by atoms with Gasteiger partial charge in [0.2, 0.25) is 0 Å². The van der Waals surface area contributed by atoms with Gasteiger partial charge in [-0.05, 0) is 22.3 Å². The third-order valence-electron chi connectivity index (χ3n) is 2.86. The highest BCUT2D eigenvalue weighted by atomic mass is 14.0. The zero-order chi connectivity index (χ0) is 23.7. The van der Waals surface area contributed by atoms with E-state index in [1.807, 2.05) is 0 Å². The molecule has 0 radical (unpaired) electrons. The molecule has 0 unspecified atom stereocenters. The zero-order valence-corrected chi connectivity index (χ0v) is 11.6. The Labute approximate surface area is 146 Å². The maximum Gasteiger partial charge on any atom is 0.0629 e. The van der Waals surface area contributed by atoms with Gasteiger partial charge in [-0.1, -0.05) is 109 Å². The topological polar surface area (TPSA) is 0 Å². The minimum atomic E-state index is -0.438. The molecule has 0 spiro atoms. The van der Waals surface area contributed by atoms with Crippen LogP contribution in [-0.2, 0) is 0 Å². The smallest absolute Gasteiger partial charge is 0.0622 e. The molecule has 0 N–H and O–H groups in total. The van der Waals surface area contributed by atoms with E-state index in [-0.39, 0.29) is 35.3 Å². The molecule has 0 heteroatoms. The Balaban J connectivity index is 1.86. The van der Waals surface area contributed by atoms with Crippen molar-refractivity contribution in [3.05, 3.63) is 107 Å². The highest BCUT2D eigenvalue weighted by Crippen LogP contribution is 2.12. The lowest BCUT2D eigenvalue weighted by Gasteiger charge is -1.97. The van der Waals surface area contributed by atoms with Crippen LogP contribution in [0.5, 0.6) is 0 Å². The fourth-order valence-electron chi connectivity index (χ4n) is 1.76. The molecule has 3 aromatic rings. The molecule has 0 nitrogen and oxygen atoms in total. The summed E-state index contributed by atoms with van der Waals surface area (Å²) < 4.78 is 78.0. The highest BCUT2D eigenvalue weighted by molar-refractivity contribution is 5.72. The second-order valence-electron chi connectivity index (χ2n) is 4.41. The Morgan fingerprint density at radius 2 is 0.773 bits per heavy atom. The van der Waals surface area contributed by atoms with Gasteiger partial charge >= 0.3 is 0 Å². The summed E-state index contributed by atoms with van der Waals surface area (Å²) >= 11 is 0. The van der Waals surface area contributed by atoms with Crippen LogP contribution in [0.3, 0.4) is 0 Å². The molecular formula is C22H18. The predicted octanol–water partition coefficient (Wildman–Crippen LogP) is 6.03. The molecule has 0 saturated carbocycles. The first kappa shape index (κ1) is 6.50. The molecule has 3 aromatic carbocycles. The second kappa shape index (κ2) is 7.24. The van der Waals surface area contributed by atoms with Crippen molar-refractivity contribution in [1.82, 2.24) is 0 Å². The van der Waals surface area contributed by atoms with Crippen LogP contribution in [-0.4, -0.2) is 0 Å². The maximum absolute atomic E-state index is 7.95. The van der Waals surface area contributed by atoms with Gasteiger partial charge in [-0.25, -0.2) is 0 Å². The molecule has 0 aromatic heterocycles. The Morgan fingerprint density at radius 1 is 0.455 bits per heavy atom. The molecule has 0 fully saturated rings. The van der Waals surface area contributed by atoms with Gasteiger partial charge in [0.1, 0.15) is 0 Å². The zero-order valence-electron chi connectivity index (χ0n) is 21.6. The van der Waals surface area contributed by atoms with Gasteiger partial charge in [0, 0.05) is 0 Å². The van der Waals surface area contributed by atoms with Crippen LogP contribution in [0, 0.1) is 0 Å². The molecule has 3 rings (SSSR count). The van der Waals surface area contributed by atoms with Gasteiger partial charge < -0.3 is 0 Å². The summed E-state index contributed by atoms with van der Waals surface area (Å²) in [5.74, 6) is 0. The third-order valence-corrected chi connectivity index (χ3v) is 2.86. The monoisotopic (exact) mass is 292 g/mol. The molecule has 0 atom stereocenters. The fraction of sp³-hybridized carbons (Fsp3) is 0. The number of hydrogen-bond acceptors (Lipinski definition) is 0. The summed E-state index contributed by atoms with van der Waals surface area (Å²) in [6.45, 7) is 0. The fourth-order valence-corrected chi connectivity index (χ4v) is 1.76. The first-order valence-electron chi connectivity index (χ1n) is 11.6. The largest absolute Gasteiger partial charge is 0.0629 e. The van der Waals surface area contributed by atoms with Crippen molar-refractivity contribution in [2.75, 3.05) is 0 Å². The van der Waals surface area contributed by atoms with E-state index in [1.165, 1.54) is 12.2 Å². The van der Waals surface area contributed by atoms with E-state index in [1.54, 1.807) is 36.4 Å². The molecule has 22 heavy (non-hydrogen) atoms. The lowest BCUT2D eigenvalue weighted by molar-refractivity contribution is 1.61. The molecule has 0 aliphatic carbocycles. The van der Waals surface area contributed by atoms with Crippen LogP contribution in [0.2, 0.25) is 0 Å². The number of hydrogen-bond donors (Lipinski definition) is 0. The first-order valence-corrected chi connectivity index (χ1v) is 6.64. The summed E-state index contributed by atoms with van der Waals surface area (Å²) in [7, 11) is 0. The lowest BCUT2D eigenvalue weighted by atomic mass is 10.1. The normalized spacial score (nSPS) is 17.6. The van der Waals surface area contributed by atoms with Gasteiger partial charge in [0.25, 0.3) is 0 Å². The van der Waals surface area contributed by atoms with Crippen molar-refractivity contribution < 1.29 is 13.7 Å². The molecule has 0 heterocycles. The molecule has 0 aliphatic rings. The second-order valence-corrected chi connectivity index (χ2v) is 4.41. The predicted molar refractivity (Wildman–Crippen MR) is 97.2 cm³/mol. The van der Waals surface area contributed by atoms with E-state index in [4.69, 9.17) is 13.7 Å². The van der Waals surface area contributed by atoms with E-state index < -0.39 is 36.3 Å². The summed E-state index contributed by atoms with van der Waals surface area (Å²) in [4.78, 5) is 0. The third kappa shape index (κ3) is 4.07. The van der Waals surface area contributed by atoms with Crippen LogP contribution >= 0.6 is 0 Å². The minimum absolute atomic E-state index is 0.0983. The van der Waals surface area contributed by atoms with Crippen LogP contribution in [0.4, 0.5) is 0 Å². The van der Waals surface area contributed by atoms with Crippen molar-refractivity contribution in [3.63, 3.8) is 0 Å². The number of benzene rings is 3. The number of rotatable bonds is 4. The maximum atomic E-state index is 7.95. The van der Waals surface area contributed by atoms with Crippen LogP contribution in [0.1, 0.15) is 36.0 Å². The SMILES string of the molecule is [2H]c1c([2H])c([2H])c(/C=C/c2ccc(/C=C/c3c([2H])c([2H])c([2H])c([2H])c3[2H])cc2)c([2H])c1[2H]. The molecule has 0 amide bonds. The average molecular weight is 292 g/mol. The quantitative estimate of drug-likeness (QED) is 0.515. The van der Waals surface area contributed by atoms with E-state index >= 15 is 0 Å². The van der Waals surface area contributed by atoms with Gasteiger partial charge in [-0.15, -0.1) is 0 Å². The average Bonchev–Trinajstić information content (AvgIpc) is 2.79. The van der Waals surface area contributed by atoms with Crippen LogP contribution in [0.25, 0.3) is 24.3 Å². The highest BCUT2D eigenvalue weighted by Gasteiger charge is 1.90. The summed E-state index contributed by atoms with van der Waals surface area (Å²) in [5, 5.41) is 0. The summed E-state index contributed by atoms with van der Waals surface area (Å²) in [6.07, 6.45) is 6.21. The van der Waals surface area contributed by atoms with E-state index in [9.17, 15) is 0 Å². The molecule has 0 aliphatic heterocycles. The lowest BCUT2D eigenvalue weighted by Crippen LogP contribution is -1.75. The minimum Gasteiger partial charge on any atom is -0.0622 e. The van der Waals surface area contributed by atoms with E-state index in [0.29, 0.717) is 0 Å². The van der Waals surface area contributed by atoms with Crippen molar-refractivity contribution in [2.45, 2.75) is 0 Å². The van der Waals surface area contributed by atoms with Gasteiger partial charge in [-0.3, -0.25) is 0 Å². The van der Waals surface area contributed by atoms with E-state index in [2.05, 4.69) is 0 Å². The van der Waals surface area contributed by atoms with Crippen molar-refractivity contribution >= 4 is 24.3 Å². The van der Waals surface area contributed by atoms with Gasteiger partial charge in [-0.2, -0.15) is 0 Å². The molecule has 0 saturated heterocycles.